The summed E-state index contributed by atoms with van der Waals surface area (Å²) in [5.74, 6) is 1.58. The van der Waals surface area contributed by atoms with Crippen LogP contribution in [-0.2, 0) is 4.79 Å². The minimum absolute atomic E-state index is 0.0830. The van der Waals surface area contributed by atoms with Gasteiger partial charge in [-0.05, 0) is 50.6 Å². The van der Waals surface area contributed by atoms with Crippen molar-refractivity contribution in [1.82, 2.24) is 10.2 Å². The smallest absolute Gasteiger partial charge is 0.237 e. The standard InChI is InChI=1S/C15H29N3O/c1-3-11-6-7-12(10-16)14(9-11)18-8-4-5-13(18)15(19)17-2/h11-14H,3-10,16H2,1-2H3,(H,17,19). The van der Waals surface area contributed by atoms with Crippen LogP contribution in [-0.4, -0.2) is 43.0 Å². The summed E-state index contributed by atoms with van der Waals surface area (Å²) in [5.41, 5.74) is 5.97. The summed E-state index contributed by atoms with van der Waals surface area (Å²) in [6.45, 7) is 4.11. The largest absolute Gasteiger partial charge is 0.358 e. The number of amides is 1. The van der Waals surface area contributed by atoms with Crippen LogP contribution in [0.25, 0.3) is 0 Å². The Hall–Kier alpha value is -0.610. The average molecular weight is 267 g/mol. The molecule has 2 fully saturated rings. The number of carbonyl (C=O) groups is 1. The molecule has 19 heavy (non-hydrogen) atoms. The zero-order valence-corrected chi connectivity index (χ0v) is 12.4. The van der Waals surface area contributed by atoms with Gasteiger partial charge in [-0.3, -0.25) is 9.69 Å². The van der Waals surface area contributed by atoms with Crippen LogP contribution < -0.4 is 11.1 Å². The van der Waals surface area contributed by atoms with Crippen molar-refractivity contribution in [3.8, 4) is 0 Å². The van der Waals surface area contributed by atoms with E-state index in [1.54, 1.807) is 7.05 Å². The molecule has 1 saturated heterocycles. The molecule has 0 spiro atoms. The second-order valence-electron chi connectivity index (χ2n) is 6.16. The van der Waals surface area contributed by atoms with E-state index in [4.69, 9.17) is 5.73 Å². The summed E-state index contributed by atoms with van der Waals surface area (Å²) in [6.07, 6.45) is 7.18. The molecule has 4 nitrogen and oxygen atoms in total. The Morgan fingerprint density at radius 1 is 1.37 bits per heavy atom. The minimum atomic E-state index is 0.0830. The molecule has 1 amide bonds. The first-order valence-electron chi connectivity index (χ1n) is 7.88. The van der Waals surface area contributed by atoms with Gasteiger partial charge >= 0.3 is 0 Å². The van der Waals surface area contributed by atoms with Gasteiger partial charge in [0.1, 0.15) is 0 Å². The molecule has 4 atom stereocenters. The van der Waals surface area contributed by atoms with Gasteiger partial charge in [0.2, 0.25) is 5.91 Å². The molecule has 1 aliphatic heterocycles. The highest BCUT2D eigenvalue weighted by atomic mass is 16.2. The van der Waals surface area contributed by atoms with Crippen LogP contribution in [0.5, 0.6) is 0 Å². The molecule has 0 aromatic rings. The van der Waals surface area contributed by atoms with Crippen molar-refractivity contribution in [3.63, 3.8) is 0 Å². The zero-order valence-electron chi connectivity index (χ0n) is 12.4. The Morgan fingerprint density at radius 3 is 2.79 bits per heavy atom. The summed E-state index contributed by atoms with van der Waals surface area (Å²) in [6, 6.07) is 0.605. The van der Waals surface area contributed by atoms with E-state index in [1.165, 1.54) is 25.7 Å². The van der Waals surface area contributed by atoms with Crippen LogP contribution in [0.2, 0.25) is 0 Å². The van der Waals surface area contributed by atoms with Crippen LogP contribution in [0.3, 0.4) is 0 Å². The second kappa shape index (κ2) is 6.71. The second-order valence-corrected chi connectivity index (χ2v) is 6.16. The van der Waals surface area contributed by atoms with E-state index in [0.29, 0.717) is 12.0 Å². The molecule has 0 aromatic heterocycles. The number of hydrogen-bond donors (Lipinski definition) is 2. The number of nitrogens with one attached hydrogen (secondary N) is 1. The van der Waals surface area contributed by atoms with Gasteiger partial charge in [-0.1, -0.05) is 19.8 Å². The molecule has 1 aliphatic carbocycles. The van der Waals surface area contributed by atoms with Gasteiger partial charge in [0.15, 0.2) is 0 Å². The normalized spacial score (nSPS) is 36.4. The van der Waals surface area contributed by atoms with Crippen LogP contribution in [0.1, 0.15) is 45.4 Å². The van der Waals surface area contributed by atoms with Crippen molar-refractivity contribution < 1.29 is 4.79 Å². The minimum Gasteiger partial charge on any atom is -0.358 e. The number of nitrogens with zero attached hydrogens (tertiary/aromatic N) is 1. The monoisotopic (exact) mass is 267 g/mol. The van der Waals surface area contributed by atoms with Gasteiger partial charge in [-0.15, -0.1) is 0 Å². The van der Waals surface area contributed by atoms with Crippen molar-refractivity contribution >= 4 is 5.91 Å². The van der Waals surface area contributed by atoms with Crippen molar-refractivity contribution in [2.45, 2.75) is 57.5 Å². The topological polar surface area (TPSA) is 58.4 Å². The quantitative estimate of drug-likeness (QED) is 0.808. The third kappa shape index (κ3) is 3.11. The third-order valence-corrected chi connectivity index (χ3v) is 5.21. The van der Waals surface area contributed by atoms with E-state index in [9.17, 15) is 4.79 Å². The van der Waals surface area contributed by atoms with Crippen LogP contribution in [0, 0.1) is 11.8 Å². The number of nitrogens with two attached hydrogens (primary N) is 1. The van der Waals surface area contributed by atoms with Crippen molar-refractivity contribution in [3.05, 3.63) is 0 Å². The predicted octanol–water partition coefficient (Wildman–Crippen LogP) is 1.35. The third-order valence-electron chi connectivity index (χ3n) is 5.21. The molecule has 3 N–H and O–H groups in total. The lowest BCUT2D eigenvalue weighted by Crippen LogP contribution is -2.52. The van der Waals surface area contributed by atoms with Gasteiger partial charge in [-0.25, -0.2) is 0 Å². The number of likely N-dealkylation sites (tertiary alicyclic amines) is 1. The Kier molecular flexibility index (Phi) is 5.22. The van der Waals surface area contributed by atoms with Crippen molar-refractivity contribution in [2.24, 2.45) is 17.6 Å². The van der Waals surface area contributed by atoms with E-state index in [-0.39, 0.29) is 11.9 Å². The van der Waals surface area contributed by atoms with Gasteiger partial charge in [0, 0.05) is 13.1 Å². The van der Waals surface area contributed by atoms with E-state index in [2.05, 4.69) is 17.1 Å². The predicted molar refractivity (Wildman–Crippen MR) is 77.8 cm³/mol. The molecule has 4 heteroatoms. The van der Waals surface area contributed by atoms with E-state index >= 15 is 0 Å². The lowest BCUT2D eigenvalue weighted by Gasteiger charge is -2.42. The summed E-state index contributed by atoms with van der Waals surface area (Å²) >= 11 is 0. The van der Waals surface area contributed by atoms with E-state index in [1.807, 2.05) is 0 Å². The van der Waals surface area contributed by atoms with Gasteiger partial charge < -0.3 is 11.1 Å². The van der Waals surface area contributed by atoms with Crippen LogP contribution in [0.4, 0.5) is 0 Å². The summed E-state index contributed by atoms with van der Waals surface area (Å²) < 4.78 is 0. The number of rotatable bonds is 4. The molecule has 110 valence electrons. The first-order chi connectivity index (χ1) is 9.21. The highest BCUT2D eigenvalue weighted by Crippen LogP contribution is 2.36. The van der Waals surface area contributed by atoms with Gasteiger partial charge in [0.25, 0.3) is 0 Å². The molecule has 1 saturated carbocycles. The molecule has 0 bridgehead atoms. The summed E-state index contributed by atoms with van der Waals surface area (Å²) in [5, 5.41) is 2.82. The Labute approximate surface area is 117 Å². The number of likely N-dealkylation sites (N-methyl/N-ethyl adjacent to an activating group) is 1. The number of hydrogen-bond acceptors (Lipinski definition) is 3. The van der Waals surface area contributed by atoms with Crippen LogP contribution >= 0.6 is 0 Å². The van der Waals surface area contributed by atoms with Gasteiger partial charge in [-0.2, -0.15) is 0 Å². The van der Waals surface area contributed by atoms with Gasteiger partial charge in [0.05, 0.1) is 6.04 Å². The van der Waals surface area contributed by atoms with Crippen molar-refractivity contribution in [2.75, 3.05) is 20.1 Å². The number of carbonyl (C=O) groups excluding carboxylic acids is 1. The van der Waals surface area contributed by atoms with Crippen molar-refractivity contribution in [1.29, 1.82) is 0 Å². The fourth-order valence-corrected chi connectivity index (χ4v) is 3.98. The molecule has 0 radical (unpaired) electrons. The Balaban J connectivity index is 2.09. The van der Waals surface area contributed by atoms with E-state index in [0.717, 1.165) is 31.8 Å². The SMILES string of the molecule is CCC1CCC(CN)C(N2CCCC2C(=O)NC)C1. The zero-order chi connectivity index (χ0) is 13.8. The summed E-state index contributed by atoms with van der Waals surface area (Å²) in [7, 11) is 1.75. The highest BCUT2D eigenvalue weighted by molar-refractivity contribution is 5.81. The average Bonchev–Trinajstić information content (AvgIpc) is 2.94. The maximum Gasteiger partial charge on any atom is 0.237 e. The lowest BCUT2D eigenvalue weighted by molar-refractivity contribution is -0.126. The molecule has 2 aliphatic rings. The molecule has 0 aromatic carbocycles. The van der Waals surface area contributed by atoms with E-state index < -0.39 is 0 Å². The lowest BCUT2D eigenvalue weighted by atomic mass is 9.76. The molecule has 4 unspecified atom stereocenters. The fraction of sp³-hybridized carbons (Fsp3) is 0.933. The first-order valence-corrected chi connectivity index (χ1v) is 7.88. The molecular weight excluding hydrogens is 238 g/mol. The molecular formula is C15H29N3O. The highest BCUT2D eigenvalue weighted by Gasteiger charge is 2.40. The fourth-order valence-electron chi connectivity index (χ4n) is 3.98. The maximum absolute atomic E-state index is 12.0. The molecule has 2 rings (SSSR count). The first kappa shape index (κ1) is 14.8. The maximum atomic E-state index is 12.0. The Bertz CT molecular complexity index is 308. The van der Waals surface area contributed by atoms with Crippen LogP contribution in [0.15, 0.2) is 0 Å². The Morgan fingerprint density at radius 2 is 2.16 bits per heavy atom. The molecule has 1 heterocycles. The summed E-state index contributed by atoms with van der Waals surface area (Å²) in [4.78, 5) is 14.5.